The van der Waals surface area contributed by atoms with Crippen molar-refractivity contribution in [1.82, 2.24) is 9.55 Å². The predicted octanol–water partition coefficient (Wildman–Crippen LogP) is 3.47. The Bertz CT molecular complexity index is 500. The lowest BCUT2D eigenvalue weighted by Crippen LogP contribution is -1.94. The molecule has 1 aromatic carbocycles. The summed E-state index contributed by atoms with van der Waals surface area (Å²) in [5.41, 5.74) is 3.60. The molecule has 0 radical (unpaired) electrons. The summed E-state index contributed by atoms with van der Waals surface area (Å²) < 4.78 is 3.01. The number of imidazole rings is 1. The molecule has 0 aliphatic rings. The first-order valence-electron chi connectivity index (χ1n) is 4.85. The second kappa shape index (κ2) is 3.81. The van der Waals surface area contributed by atoms with E-state index in [9.17, 15) is 0 Å². The van der Waals surface area contributed by atoms with E-state index in [4.69, 9.17) is 0 Å². The van der Waals surface area contributed by atoms with Crippen LogP contribution in [0.3, 0.4) is 0 Å². The van der Waals surface area contributed by atoms with Crippen LogP contribution < -0.4 is 0 Å². The number of hydrogen-bond acceptors (Lipinski definition) is 1. The van der Waals surface area contributed by atoms with E-state index >= 15 is 0 Å². The molecule has 2 rings (SSSR count). The van der Waals surface area contributed by atoms with E-state index in [-0.39, 0.29) is 0 Å². The van der Waals surface area contributed by atoms with E-state index in [0.717, 1.165) is 16.1 Å². The van der Waals surface area contributed by atoms with Gasteiger partial charge in [-0.3, -0.25) is 0 Å². The first-order chi connectivity index (χ1) is 7.09. The summed E-state index contributed by atoms with van der Waals surface area (Å²) in [5, 5.41) is 0. The molecule has 0 aliphatic carbocycles. The fourth-order valence-electron chi connectivity index (χ4n) is 1.68. The Hall–Kier alpha value is -1.09. The van der Waals surface area contributed by atoms with Gasteiger partial charge in [0.1, 0.15) is 10.4 Å². The van der Waals surface area contributed by atoms with E-state index in [0.29, 0.717) is 0 Å². The van der Waals surface area contributed by atoms with Crippen LogP contribution in [-0.2, 0) is 7.05 Å². The molecule has 2 nitrogen and oxygen atoms in total. The van der Waals surface area contributed by atoms with Gasteiger partial charge in [-0.1, -0.05) is 23.8 Å². The number of benzene rings is 1. The van der Waals surface area contributed by atoms with E-state index < -0.39 is 0 Å². The Morgan fingerprint density at radius 1 is 1.27 bits per heavy atom. The zero-order valence-electron chi connectivity index (χ0n) is 9.08. The number of halogens is 1. The number of nitrogens with zero attached hydrogens (tertiary/aromatic N) is 2. The molecule has 0 saturated heterocycles. The molecule has 0 bridgehead atoms. The lowest BCUT2D eigenvalue weighted by molar-refractivity contribution is 0.865. The van der Waals surface area contributed by atoms with Crippen molar-refractivity contribution in [1.29, 1.82) is 0 Å². The fraction of sp³-hybridized carbons (Fsp3) is 0.250. The van der Waals surface area contributed by atoms with Gasteiger partial charge >= 0.3 is 0 Å². The van der Waals surface area contributed by atoms with Gasteiger partial charge in [-0.15, -0.1) is 0 Å². The third-order valence-corrected chi connectivity index (χ3v) is 3.12. The van der Waals surface area contributed by atoms with Crippen LogP contribution in [0, 0.1) is 13.8 Å². The summed E-state index contributed by atoms with van der Waals surface area (Å²) in [6.07, 6.45) is 0. The first-order valence-corrected chi connectivity index (χ1v) is 5.64. The highest BCUT2D eigenvalue weighted by Gasteiger charge is 2.11. The van der Waals surface area contributed by atoms with Crippen molar-refractivity contribution in [2.45, 2.75) is 13.8 Å². The molecule has 15 heavy (non-hydrogen) atoms. The van der Waals surface area contributed by atoms with Crippen molar-refractivity contribution in [3.8, 4) is 11.3 Å². The van der Waals surface area contributed by atoms with Crippen molar-refractivity contribution in [2.24, 2.45) is 7.05 Å². The van der Waals surface area contributed by atoms with E-state index in [1.54, 1.807) is 0 Å². The predicted molar refractivity (Wildman–Crippen MR) is 65.8 cm³/mol. The molecule has 0 N–H and O–H groups in total. The number of aryl methyl sites for hydroxylation is 2. The summed E-state index contributed by atoms with van der Waals surface area (Å²) >= 11 is 3.50. The molecule has 0 unspecified atom stereocenters. The molecular weight excluding hydrogens is 252 g/mol. The van der Waals surface area contributed by atoms with Crippen molar-refractivity contribution >= 4 is 15.9 Å². The SMILES string of the molecule is Cc1cccc(-c2c(Br)nc(C)n2C)c1. The smallest absolute Gasteiger partial charge is 0.132 e. The fourth-order valence-corrected chi connectivity index (χ4v) is 2.43. The summed E-state index contributed by atoms with van der Waals surface area (Å²) in [6, 6.07) is 8.44. The molecule has 3 heteroatoms. The Labute approximate surface area is 98.1 Å². The van der Waals surface area contributed by atoms with Crippen molar-refractivity contribution in [3.05, 3.63) is 40.3 Å². The van der Waals surface area contributed by atoms with Crippen LogP contribution >= 0.6 is 15.9 Å². The van der Waals surface area contributed by atoms with Crippen molar-refractivity contribution in [2.75, 3.05) is 0 Å². The second-order valence-electron chi connectivity index (χ2n) is 3.73. The quantitative estimate of drug-likeness (QED) is 0.772. The lowest BCUT2D eigenvalue weighted by atomic mass is 10.1. The molecule has 0 amide bonds. The standard InChI is InChI=1S/C12H13BrN2/c1-8-5-4-6-10(7-8)11-12(13)14-9(2)15(11)3/h4-7H,1-3H3. The molecule has 1 heterocycles. The van der Waals surface area contributed by atoms with E-state index in [2.05, 4.69) is 56.7 Å². The maximum Gasteiger partial charge on any atom is 0.132 e. The Kier molecular flexibility index (Phi) is 2.65. The number of rotatable bonds is 1. The normalized spacial score (nSPS) is 10.7. The van der Waals surface area contributed by atoms with Gasteiger partial charge in [0.25, 0.3) is 0 Å². The van der Waals surface area contributed by atoms with Gasteiger partial charge in [-0.05, 0) is 35.8 Å². The van der Waals surface area contributed by atoms with Crippen molar-refractivity contribution < 1.29 is 0 Å². The molecular formula is C12H13BrN2. The number of aromatic nitrogens is 2. The van der Waals surface area contributed by atoms with Gasteiger partial charge < -0.3 is 4.57 Å². The van der Waals surface area contributed by atoms with Gasteiger partial charge in [-0.2, -0.15) is 0 Å². The van der Waals surface area contributed by atoms with Crippen LogP contribution in [0.25, 0.3) is 11.3 Å². The molecule has 0 atom stereocenters. The topological polar surface area (TPSA) is 17.8 Å². The molecule has 0 fully saturated rings. The van der Waals surface area contributed by atoms with Gasteiger partial charge in [0, 0.05) is 12.6 Å². The summed E-state index contributed by atoms with van der Waals surface area (Å²) in [4.78, 5) is 4.40. The maximum atomic E-state index is 4.40. The molecule has 0 spiro atoms. The summed E-state index contributed by atoms with van der Waals surface area (Å²) in [5.74, 6) is 1.01. The van der Waals surface area contributed by atoms with Crippen LogP contribution in [0.5, 0.6) is 0 Å². The third-order valence-electron chi connectivity index (χ3n) is 2.57. The molecule has 2 aromatic rings. The van der Waals surface area contributed by atoms with Crippen LogP contribution in [-0.4, -0.2) is 9.55 Å². The zero-order valence-corrected chi connectivity index (χ0v) is 10.7. The highest BCUT2D eigenvalue weighted by molar-refractivity contribution is 9.10. The summed E-state index contributed by atoms with van der Waals surface area (Å²) in [6.45, 7) is 4.10. The van der Waals surface area contributed by atoms with Crippen LogP contribution in [0.1, 0.15) is 11.4 Å². The third kappa shape index (κ3) is 1.84. The van der Waals surface area contributed by atoms with Gasteiger partial charge in [0.05, 0.1) is 5.69 Å². The number of hydrogen-bond donors (Lipinski definition) is 0. The zero-order chi connectivity index (χ0) is 11.0. The van der Waals surface area contributed by atoms with Crippen LogP contribution in [0.4, 0.5) is 0 Å². The van der Waals surface area contributed by atoms with E-state index in [1.807, 2.05) is 14.0 Å². The first kappa shape index (κ1) is 10.4. The van der Waals surface area contributed by atoms with Crippen molar-refractivity contribution in [3.63, 3.8) is 0 Å². The molecule has 78 valence electrons. The Morgan fingerprint density at radius 2 is 2.00 bits per heavy atom. The van der Waals surface area contributed by atoms with Gasteiger partial charge in [0.2, 0.25) is 0 Å². The lowest BCUT2D eigenvalue weighted by Gasteiger charge is -2.05. The Balaban J connectivity index is 2.63. The van der Waals surface area contributed by atoms with Gasteiger partial charge in [0.15, 0.2) is 0 Å². The summed E-state index contributed by atoms with van der Waals surface area (Å²) in [7, 11) is 2.03. The molecule has 0 aliphatic heterocycles. The monoisotopic (exact) mass is 264 g/mol. The largest absolute Gasteiger partial charge is 0.330 e. The van der Waals surface area contributed by atoms with Gasteiger partial charge in [-0.25, -0.2) is 4.98 Å². The second-order valence-corrected chi connectivity index (χ2v) is 4.48. The minimum absolute atomic E-state index is 0.910. The molecule has 0 saturated carbocycles. The van der Waals surface area contributed by atoms with Crippen LogP contribution in [0.15, 0.2) is 28.9 Å². The van der Waals surface area contributed by atoms with E-state index in [1.165, 1.54) is 11.1 Å². The average molecular weight is 265 g/mol. The highest BCUT2D eigenvalue weighted by atomic mass is 79.9. The minimum atomic E-state index is 0.910. The van der Waals surface area contributed by atoms with Crippen LogP contribution in [0.2, 0.25) is 0 Å². The average Bonchev–Trinajstić information content (AvgIpc) is 2.41. The highest BCUT2D eigenvalue weighted by Crippen LogP contribution is 2.28. The molecule has 1 aromatic heterocycles. The minimum Gasteiger partial charge on any atom is -0.330 e. The Morgan fingerprint density at radius 3 is 2.53 bits per heavy atom. The maximum absolute atomic E-state index is 4.40.